The molecular weight excluding hydrogens is 305 g/mol. The molecule has 0 bridgehead atoms. The van der Waals surface area contributed by atoms with Crippen LogP contribution in [0.3, 0.4) is 0 Å². The number of carbonyl (C=O) groups is 1. The van der Waals surface area contributed by atoms with Gasteiger partial charge in [0.25, 0.3) is 5.91 Å². The fraction of sp³-hybridized carbons (Fsp3) is 0.0833. The average molecular weight is 314 g/mol. The Balaban J connectivity index is 1.95. The number of halogens is 2. The fourth-order valence-electron chi connectivity index (χ4n) is 1.32. The van der Waals surface area contributed by atoms with Gasteiger partial charge in [0.05, 0.1) is 6.54 Å². The van der Waals surface area contributed by atoms with Crippen LogP contribution in [0.25, 0.3) is 0 Å². The molecule has 0 saturated heterocycles. The Morgan fingerprint density at radius 3 is 2.65 bits per heavy atom. The van der Waals surface area contributed by atoms with Crippen LogP contribution in [-0.4, -0.2) is 5.91 Å². The van der Waals surface area contributed by atoms with Crippen molar-refractivity contribution < 1.29 is 9.18 Å². The Kier molecular flexibility index (Phi) is 3.91. The van der Waals surface area contributed by atoms with Gasteiger partial charge in [-0.15, -0.1) is 11.3 Å². The molecule has 0 fully saturated rings. The second-order valence-corrected chi connectivity index (χ2v) is 5.33. The van der Waals surface area contributed by atoms with Gasteiger partial charge in [-0.3, -0.25) is 4.79 Å². The maximum atomic E-state index is 12.7. The molecule has 1 aromatic heterocycles. The number of hydrogen-bond acceptors (Lipinski definition) is 2. The van der Waals surface area contributed by atoms with Gasteiger partial charge in [-0.1, -0.05) is 0 Å². The second kappa shape index (κ2) is 5.42. The van der Waals surface area contributed by atoms with Gasteiger partial charge in [0.2, 0.25) is 0 Å². The predicted octanol–water partition coefficient (Wildman–Crippen LogP) is 3.58. The van der Waals surface area contributed by atoms with E-state index in [1.807, 2.05) is 11.4 Å². The van der Waals surface area contributed by atoms with Crippen LogP contribution in [0.4, 0.5) is 4.39 Å². The van der Waals surface area contributed by atoms with Gasteiger partial charge < -0.3 is 5.32 Å². The lowest BCUT2D eigenvalue weighted by atomic mass is 10.2. The molecule has 5 heteroatoms. The average Bonchev–Trinajstić information content (AvgIpc) is 2.73. The number of carbonyl (C=O) groups excluding carboxylic acids is 1. The summed E-state index contributed by atoms with van der Waals surface area (Å²) in [5.41, 5.74) is 0.460. The van der Waals surface area contributed by atoms with E-state index in [2.05, 4.69) is 21.2 Å². The largest absolute Gasteiger partial charge is 0.347 e. The first-order valence-electron chi connectivity index (χ1n) is 4.92. The first-order chi connectivity index (χ1) is 8.15. The summed E-state index contributed by atoms with van der Waals surface area (Å²) in [4.78, 5) is 12.8. The SMILES string of the molecule is O=C(NCc1cc(Br)cs1)c1ccc(F)cc1. The molecule has 2 nitrogen and oxygen atoms in total. The van der Waals surface area contributed by atoms with E-state index in [4.69, 9.17) is 0 Å². The maximum absolute atomic E-state index is 12.7. The van der Waals surface area contributed by atoms with E-state index in [-0.39, 0.29) is 11.7 Å². The smallest absolute Gasteiger partial charge is 0.251 e. The van der Waals surface area contributed by atoms with Crippen LogP contribution in [0, 0.1) is 5.82 Å². The molecule has 2 aromatic rings. The molecule has 88 valence electrons. The molecule has 0 radical (unpaired) electrons. The lowest BCUT2D eigenvalue weighted by Crippen LogP contribution is -2.22. The quantitative estimate of drug-likeness (QED) is 0.922. The Bertz CT molecular complexity index is 524. The van der Waals surface area contributed by atoms with Crippen LogP contribution in [0.15, 0.2) is 40.2 Å². The molecule has 1 heterocycles. The highest BCUT2D eigenvalue weighted by atomic mass is 79.9. The highest BCUT2D eigenvalue weighted by Gasteiger charge is 2.05. The van der Waals surface area contributed by atoms with E-state index in [9.17, 15) is 9.18 Å². The van der Waals surface area contributed by atoms with Crippen molar-refractivity contribution in [1.82, 2.24) is 5.32 Å². The Morgan fingerprint density at radius 1 is 1.35 bits per heavy atom. The molecule has 0 spiro atoms. The second-order valence-electron chi connectivity index (χ2n) is 3.42. The van der Waals surface area contributed by atoms with Crippen molar-refractivity contribution in [3.05, 3.63) is 56.4 Å². The van der Waals surface area contributed by atoms with Gasteiger partial charge in [-0.05, 0) is 46.3 Å². The van der Waals surface area contributed by atoms with Crippen LogP contribution in [0.1, 0.15) is 15.2 Å². The lowest BCUT2D eigenvalue weighted by molar-refractivity contribution is 0.0951. The van der Waals surface area contributed by atoms with Crippen molar-refractivity contribution in [1.29, 1.82) is 0 Å². The van der Waals surface area contributed by atoms with Crippen LogP contribution in [0.2, 0.25) is 0 Å². The predicted molar refractivity (Wildman–Crippen MR) is 69.6 cm³/mol. The summed E-state index contributed by atoms with van der Waals surface area (Å²) in [6.45, 7) is 0.479. The molecule has 0 saturated carbocycles. The van der Waals surface area contributed by atoms with Crippen LogP contribution >= 0.6 is 27.3 Å². The number of hydrogen-bond donors (Lipinski definition) is 1. The maximum Gasteiger partial charge on any atom is 0.251 e. The molecule has 2 rings (SSSR count). The third-order valence-corrected chi connectivity index (χ3v) is 3.85. The third kappa shape index (κ3) is 3.38. The van der Waals surface area contributed by atoms with Crippen LogP contribution < -0.4 is 5.32 Å². The van der Waals surface area contributed by atoms with E-state index in [0.29, 0.717) is 12.1 Å². The zero-order valence-corrected chi connectivity index (χ0v) is 11.1. The van der Waals surface area contributed by atoms with E-state index >= 15 is 0 Å². The summed E-state index contributed by atoms with van der Waals surface area (Å²) in [5.74, 6) is -0.543. The van der Waals surface area contributed by atoms with Crippen LogP contribution in [-0.2, 0) is 6.54 Å². The van der Waals surface area contributed by atoms with Gasteiger partial charge in [0.15, 0.2) is 0 Å². The summed E-state index contributed by atoms with van der Waals surface area (Å²) in [5, 5.41) is 4.73. The standard InChI is InChI=1S/C12H9BrFNOS/c13-9-5-11(17-7-9)6-15-12(16)8-1-3-10(14)4-2-8/h1-5,7H,6H2,(H,15,16). The Hall–Kier alpha value is -1.20. The minimum Gasteiger partial charge on any atom is -0.347 e. The first-order valence-corrected chi connectivity index (χ1v) is 6.59. The van der Waals surface area contributed by atoms with Crippen molar-refractivity contribution in [2.24, 2.45) is 0 Å². The first kappa shape index (κ1) is 12.3. The molecule has 0 aliphatic heterocycles. The van der Waals surface area contributed by atoms with Gasteiger partial charge in [-0.25, -0.2) is 4.39 Å². The van der Waals surface area contributed by atoms with E-state index < -0.39 is 0 Å². The minimum absolute atomic E-state index is 0.200. The molecule has 0 aliphatic rings. The Morgan fingerprint density at radius 2 is 2.06 bits per heavy atom. The molecule has 1 N–H and O–H groups in total. The molecule has 0 atom stereocenters. The molecule has 1 aromatic carbocycles. The van der Waals surface area contributed by atoms with E-state index in [1.165, 1.54) is 24.3 Å². The van der Waals surface area contributed by atoms with Crippen molar-refractivity contribution in [2.45, 2.75) is 6.54 Å². The monoisotopic (exact) mass is 313 g/mol. The van der Waals surface area contributed by atoms with Crippen LogP contribution in [0.5, 0.6) is 0 Å². The summed E-state index contributed by atoms with van der Waals surface area (Å²) in [7, 11) is 0. The van der Waals surface area contributed by atoms with Gasteiger partial charge in [-0.2, -0.15) is 0 Å². The highest BCUT2D eigenvalue weighted by molar-refractivity contribution is 9.10. The summed E-state index contributed by atoms with van der Waals surface area (Å²) >= 11 is 4.92. The zero-order chi connectivity index (χ0) is 12.3. The fourth-order valence-corrected chi connectivity index (χ4v) is 2.71. The number of thiophene rings is 1. The van der Waals surface area contributed by atoms with E-state index in [0.717, 1.165) is 9.35 Å². The summed E-state index contributed by atoms with van der Waals surface area (Å²) in [6, 6.07) is 7.44. The summed E-state index contributed by atoms with van der Waals surface area (Å²) < 4.78 is 13.7. The van der Waals surface area contributed by atoms with Crippen molar-refractivity contribution in [3.63, 3.8) is 0 Å². The van der Waals surface area contributed by atoms with Crippen molar-refractivity contribution in [2.75, 3.05) is 0 Å². The van der Waals surface area contributed by atoms with Crippen molar-refractivity contribution in [3.8, 4) is 0 Å². The zero-order valence-electron chi connectivity index (χ0n) is 8.74. The number of rotatable bonds is 3. The van der Waals surface area contributed by atoms with Gasteiger partial charge in [0, 0.05) is 20.3 Å². The van der Waals surface area contributed by atoms with Gasteiger partial charge >= 0.3 is 0 Å². The number of benzene rings is 1. The van der Waals surface area contributed by atoms with Gasteiger partial charge in [0.1, 0.15) is 5.82 Å². The Labute approximate surface area is 111 Å². The summed E-state index contributed by atoms with van der Waals surface area (Å²) in [6.07, 6.45) is 0. The molecule has 17 heavy (non-hydrogen) atoms. The van der Waals surface area contributed by atoms with Crippen molar-refractivity contribution >= 4 is 33.2 Å². The highest BCUT2D eigenvalue weighted by Crippen LogP contribution is 2.19. The third-order valence-electron chi connectivity index (χ3n) is 2.15. The van der Waals surface area contributed by atoms with E-state index in [1.54, 1.807) is 11.3 Å². The normalized spacial score (nSPS) is 10.2. The molecule has 0 aliphatic carbocycles. The molecule has 0 unspecified atom stereocenters. The number of nitrogens with one attached hydrogen (secondary N) is 1. The number of amides is 1. The molecular formula is C12H9BrFNOS. The lowest BCUT2D eigenvalue weighted by Gasteiger charge is -2.03. The topological polar surface area (TPSA) is 29.1 Å². The molecule has 1 amide bonds. The minimum atomic E-state index is -0.344.